The first kappa shape index (κ1) is 24.9. The van der Waals surface area contributed by atoms with E-state index in [9.17, 15) is 0 Å². The Morgan fingerprint density at radius 2 is 1.47 bits per heavy atom. The van der Waals surface area contributed by atoms with Gasteiger partial charge >= 0.3 is 18.0 Å². The Bertz CT molecular complexity index is 694. The van der Waals surface area contributed by atoms with Gasteiger partial charge in [0.1, 0.15) is 6.61 Å². The van der Waals surface area contributed by atoms with Gasteiger partial charge in [0.25, 0.3) is 0 Å². The Labute approximate surface area is 193 Å². The second-order valence-corrected chi connectivity index (χ2v) is 9.32. The first-order valence-corrected chi connectivity index (χ1v) is 12.3. The Kier molecular flexibility index (Phi) is 9.74. The quantitative estimate of drug-likeness (QED) is 0.440. The number of nitrogens with zero attached hydrogens (tertiary/aromatic N) is 4. The van der Waals surface area contributed by atoms with Crippen LogP contribution in [-0.4, -0.2) is 77.1 Å². The van der Waals surface area contributed by atoms with Crippen molar-refractivity contribution in [2.45, 2.75) is 91.0 Å². The van der Waals surface area contributed by atoms with Gasteiger partial charge in [-0.2, -0.15) is 0 Å². The van der Waals surface area contributed by atoms with Gasteiger partial charge in [-0.25, -0.2) is 0 Å². The molecule has 3 rings (SSSR count). The summed E-state index contributed by atoms with van der Waals surface area (Å²) < 4.78 is 17.4. The third-order valence-corrected chi connectivity index (χ3v) is 6.36. The van der Waals surface area contributed by atoms with Crippen molar-refractivity contribution in [3.8, 4) is 18.0 Å². The molecule has 0 bridgehead atoms. The molecule has 0 aliphatic carbocycles. The molecule has 9 nitrogen and oxygen atoms in total. The minimum Gasteiger partial charge on any atom is -0.463 e. The summed E-state index contributed by atoms with van der Waals surface area (Å²) in [6.07, 6.45) is 5.67. The van der Waals surface area contributed by atoms with Crippen molar-refractivity contribution in [3.63, 3.8) is 0 Å². The van der Waals surface area contributed by atoms with Crippen molar-refractivity contribution in [2.24, 2.45) is 5.92 Å². The molecule has 182 valence electrons. The summed E-state index contributed by atoms with van der Waals surface area (Å²) in [5.74, 6) is 0.698. The average molecular weight is 451 g/mol. The molecule has 3 heterocycles. The van der Waals surface area contributed by atoms with Gasteiger partial charge in [-0.3, -0.25) is 10.2 Å². The van der Waals surface area contributed by atoms with E-state index in [-0.39, 0.29) is 18.0 Å². The molecular formula is C23H42N6O3. The highest BCUT2D eigenvalue weighted by Gasteiger charge is 2.27. The summed E-state index contributed by atoms with van der Waals surface area (Å²) in [4.78, 5) is 15.4. The van der Waals surface area contributed by atoms with Crippen molar-refractivity contribution in [1.29, 1.82) is 0 Å². The predicted octanol–water partition coefficient (Wildman–Crippen LogP) is 2.61. The molecule has 0 radical (unpaired) electrons. The third-order valence-electron chi connectivity index (χ3n) is 6.36. The van der Waals surface area contributed by atoms with Gasteiger partial charge in [-0.15, -0.1) is 15.0 Å². The maximum atomic E-state index is 5.86. The molecule has 0 aromatic carbocycles. The van der Waals surface area contributed by atoms with E-state index in [2.05, 4.69) is 65.1 Å². The van der Waals surface area contributed by atoms with Crippen LogP contribution < -0.4 is 24.8 Å². The van der Waals surface area contributed by atoms with Gasteiger partial charge in [-0.1, -0.05) is 13.3 Å². The number of ether oxygens (including phenoxy) is 3. The topological polar surface area (TPSA) is 93.7 Å². The highest BCUT2D eigenvalue weighted by Crippen LogP contribution is 2.25. The molecule has 5 unspecified atom stereocenters. The average Bonchev–Trinajstić information content (AvgIpc) is 3.24. The van der Waals surface area contributed by atoms with Gasteiger partial charge in [0.15, 0.2) is 0 Å². The highest BCUT2D eigenvalue weighted by molar-refractivity contribution is 5.09. The molecule has 32 heavy (non-hydrogen) atoms. The van der Waals surface area contributed by atoms with Crippen LogP contribution in [0.1, 0.15) is 66.7 Å². The molecule has 0 saturated carbocycles. The van der Waals surface area contributed by atoms with Crippen molar-refractivity contribution in [2.75, 3.05) is 32.9 Å². The Morgan fingerprint density at radius 3 is 2.00 bits per heavy atom. The van der Waals surface area contributed by atoms with Crippen molar-refractivity contribution >= 4 is 0 Å². The number of hydrogen-bond donors (Lipinski definition) is 2. The lowest BCUT2D eigenvalue weighted by Gasteiger charge is -2.19. The summed E-state index contributed by atoms with van der Waals surface area (Å²) >= 11 is 0. The smallest absolute Gasteiger partial charge is 0.325 e. The van der Waals surface area contributed by atoms with E-state index in [1.165, 1.54) is 6.42 Å². The van der Waals surface area contributed by atoms with Crippen molar-refractivity contribution in [3.05, 3.63) is 0 Å². The molecule has 0 amide bonds. The normalized spacial score (nSPS) is 28.2. The number of nitrogens with one attached hydrogen (secondary N) is 2. The van der Waals surface area contributed by atoms with Gasteiger partial charge in [0.05, 0.1) is 19.4 Å². The molecule has 1 aromatic heterocycles. The van der Waals surface area contributed by atoms with Crippen LogP contribution in [0.5, 0.6) is 18.0 Å². The summed E-state index contributed by atoms with van der Waals surface area (Å²) in [5.41, 5.74) is 0. The minimum atomic E-state index is 0.261. The second-order valence-electron chi connectivity index (χ2n) is 9.32. The Morgan fingerprint density at radius 1 is 0.844 bits per heavy atom. The van der Waals surface area contributed by atoms with Crippen LogP contribution in [0.4, 0.5) is 0 Å². The van der Waals surface area contributed by atoms with Gasteiger partial charge in [0, 0.05) is 31.2 Å². The molecule has 2 saturated heterocycles. The van der Waals surface area contributed by atoms with Crippen LogP contribution in [0.25, 0.3) is 0 Å². The molecule has 2 aliphatic heterocycles. The zero-order valence-corrected chi connectivity index (χ0v) is 20.5. The minimum absolute atomic E-state index is 0.261. The van der Waals surface area contributed by atoms with E-state index in [0.29, 0.717) is 50.0 Å². The van der Waals surface area contributed by atoms with Crippen molar-refractivity contribution < 1.29 is 14.2 Å². The molecule has 2 fully saturated rings. The maximum Gasteiger partial charge on any atom is 0.325 e. The first-order valence-electron chi connectivity index (χ1n) is 12.3. The molecule has 2 aliphatic rings. The maximum absolute atomic E-state index is 5.86. The zero-order valence-electron chi connectivity index (χ0n) is 20.5. The predicted molar refractivity (Wildman–Crippen MR) is 124 cm³/mol. The zero-order chi connectivity index (χ0) is 22.9. The molecule has 5 atom stereocenters. The molecular weight excluding hydrogens is 408 g/mol. The third kappa shape index (κ3) is 7.71. The van der Waals surface area contributed by atoms with E-state index in [0.717, 1.165) is 38.8 Å². The van der Waals surface area contributed by atoms with Crippen LogP contribution in [0.2, 0.25) is 0 Å². The number of aromatic nitrogens is 3. The van der Waals surface area contributed by atoms with Crippen LogP contribution in [0, 0.1) is 5.92 Å². The van der Waals surface area contributed by atoms with Gasteiger partial charge in [0.2, 0.25) is 0 Å². The standard InChI is InChI=1S/C23H42N6O3/c1-6-7-11-30-21-26-22(31-12-8-9-20-14-16(2)24-18(20)4)28-23(27-21)32-13-10-29-15-17(3)25-19(29)5/h16-20,24-25H,6-15H2,1-5H3. The summed E-state index contributed by atoms with van der Waals surface area (Å²) in [7, 11) is 0. The second kappa shape index (κ2) is 12.5. The van der Waals surface area contributed by atoms with Gasteiger partial charge in [-0.05, 0) is 59.3 Å². The summed E-state index contributed by atoms with van der Waals surface area (Å²) in [5, 5.41) is 7.10. The van der Waals surface area contributed by atoms with Gasteiger partial charge < -0.3 is 19.5 Å². The lowest BCUT2D eigenvalue weighted by atomic mass is 9.95. The number of rotatable bonds is 13. The molecule has 0 spiro atoms. The van der Waals surface area contributed by atoms with E-state index in [4.69, 9.17) is 14.2 Å². The molecule has 1 aromatic rings. The number of hydrogen-bond acceptors (Lipinski definition) is 9. The van der Waals surface area contributed by atoms with E-state index in [1.54, 1.807) is 0 Å². The fourth-order valence-electron chi connectivity index (χ4n) is 4.63. The van der Waals surface area contributed by atoms with Crippen molar-refractivity contribution in [1.82, 2.24) is 30.5 Å². The fraction of sp³-hybridized carbons (Fsp3) is 0.870. The SMILES string of the molecule is CCCCOc1nc(OCCCC2CC(C)NC2C)nc(OCCN2CC(C)NC2C)n1. The fourth-order valence-corrected chi connectivity index (χ4v) is 4.63. The monoisotopic (exact) mass is 450 g/mol. The van der Waals surface area contributed by atoms with Crippen LogP contribution in [-0.2, 0) is 0 Å². The first-order chi connectivity index (χ1) is 15.4. The van der Waals surface area contributed by atoms with E-state index >= 15 is 0 Å². The lowest BCUT2D eigenvalue weighted by Crippen LogP contribution is -2.35. The van der Waals surface area contributed by atoms with E-state index in [1.807, 2.05) is 0 Å². The van der Waals surface area contributed by atoms with E-state index < -0.39 is 0 Å². The highest BCUT2D eigenvalue weighted by atomic mass is 16.5. The molecule has 9 heteroatoms. The number of unbranched alkanes of at least 4 members (excludes halogenated alkanes) is 1. The Balaban J connectivity index is 1.50. The van der Waals surface area contributed by atoms with Crippen LogP contribution >= 0.6 is 0 Å². The summed E-state index contributed by atoms with van der Waals surface area (Å²) in [6, 6.07) is 2.47. The molecule has 2 N–H and O–H groups in total. The van der Waals surface area contributed by atoms with Crippen LogP contribution in [0.15, 0.2) is 0 Å². The Hall–Kier alpha value is -1.71. The largest absolute Gasteiger partial charge is 0.463 e. The summed E-state index contributed by atoms with van der Waals surface area (Å²) in [6.45, 7) is 14.5. The van der Waals surface area contributed by atoms with Crippen LogP contribution in [0.3, 0.4) is 0 Å². The lowest BCUT2D eigenvalue weighted by molar-refractivity contribution is 0.183.